The molecule has 0 fully saturated rings. The van der Waals surface area contributed by atoms with Gasteiger partial charge in [-0.25, -0.2) is 4.98 Å². The minimum Gasteiger partial charge on any atom is -0.444 e. The van der Waals surface area contributed by atoms with Crippen LogP contribution in [0.1, 0.15) is 23.7 Å². The molecule has 0 aliphatic rings. The van der Waals surface area contributed by atoms with Gasteiger partial charge in [0.15, 0.2) is 12.2 Å². The van der Waals surface area contributed by atoms with Crippen LogP contribution in [-0.4, -0.2) is 28.6 Å². The quantitative estimate of drug-likeness (QED) is 0.860. The minimum atomic E-state index is -0.148. The second-order valence-corrected chi connectivity index (χ2v) is 4.33. The van der Waals surface area contributed by atoms with Crippen molar-refractivity contribution in [3.63, 3.8) is 0 Å². The minimum absolute atomic E-state index is 0.0496. The van der Waals surface area contributed by atoms with Crippen molar-refractivity contribution in [3.05, 3.63) is 42.4 Å². The zero-order valence-electron chi connectivity index (χ0n) is 10.7. The number of hydrogen-bond acceptors (Lipinski definition) is 4. The van der Waals surface area contributed by atoms with Crippen LogP contribution in [0.15, 0.2) is 41.3 Å². The Bertz CT molecular complexity index is 520. The molecule has 0 bridgehead atoms. The lowest BCUT2D eigenvalue weighted by atomic mass is 10.1. The second-order valence-electron chi connectivity index (χ2n) is 4.33. The monoisotopic (exact) mass is 260 g/mol. The number of aliphatic hydroxyl groups is 1. The molecule has 0 radical (unpaired) electrons. The third-order valence-corrected chi connectivity index (χ3v) is 2.80. The Hall–Kier alpha value is -2.14. The van der Waals surface area contributed by atoms with Crippen LogP contribution in [-0.2, 0) is 0 Å². The lowest BCUT2D eigenvalue weighted by Crippen LogP contribution is -2.33. The molecule has 0 saturated heterocycles. The summed E-state index contributed by atoms with van der Waals surface area (Å²) in [6.45, 7) is 1.92. The molecular weight excluding hydrogens is 244 g/mol. The summed E-state index contributed by atoms with van der Waals surface area (Å²) in [7, 11) is 0. The first-order chi connectivity index (χ1) is 9.20. The molecule has 0 spiro atoms. The molecule has 1 aromatic heterocycles. The van der Waals surface area contributed by atoms with Crippen molar-refractivity contribution >= 4 is 5.91 Å². The SMILES string of the molecule is CC(CCO)NC(=O)c1ccc(-c2cnco2)cc1. The first-order valence-electron chi connectivity index (χ1n) is 6.11. The molecule has 5 nitrogen and oxygen atoms in total. The van der Waals surface area contributed by atoms with E-state index in [0.29, 0.717) is 17.7 Å². The number of nitrogens with zero attached hydrogens (tertiary/aromatic N) is 1. The van der Waals surface area contributed by atoms with E-state index in [1.54, 1.807) is 18.3 Å². The smallest absolute Gasteiger partial charge is 0.251 e. The molecule has 19 heavy (non-hydrogen) atoms. The highest BCUT2D eigenvalue weighted by Crippen LogP contribution is 2.18. The van der Waals surface area contributed by atoms with Crippen LogP contribution in [0.5, 0.6) is 0 Å². The number of nitrogens with one attached hydrogen (secondary N) is 1. The third kappa shape index (κ3) is 3.42. The Balaban J connectivity index is 2.04. The molecule has 2 aromatic rings. The van der Waals surface area contributed by atoms with Crippen molar-refractivity contribution in [1.29, 1.82) is 0 Å². The number of amides is 1. The molecule has 1 amide bonds. The van der Waals surface area contributed by atoms with E-state index in [1.165, 1.54) is 6.39 Å². The van der Waals surface area contributed by atoms with Gasteiger partial charge in [-0.05, 0) is 25.5 Å². The van der Waals surface area contributed by atoms with Gasteiger partial charge in [0, 0.05) is 23.8 Å². The molecule has 1 aromatic carbocycles. The van der Waals surface area contributed by atoms with Gasteiger partial charge in [0.25, 0.3) is 5.91 Å². The van der Waals surface area contributed by atoms with E-state index < -0.39 is 0 Å². The van der Waals surface area contributed by atoms with Crippen LogP contribution in [0.4, 0.5) is 0 Å². The van der Waals surface area contributed by atoms with Crippen molar-refractivity contribution in [2.24, 2.45) is 0 Å². The van der Waals surface area contributed by atoms with Crippen LogP contribution < -0.4 is 5.32 Å². The molecular formula is C14H16N2O3. The molecule has 2 rings (SSSR count). The average molecular weight is 260 g/mol. The van der Waals surface area contributed by atoms with Gasteiger partial charge >= 0.3 is 0 Å². The predicted molar refractivity (Wildman–Crippen MR) is 70.6 cm³/mol. The molecule has 0 aliphatic heterocycles. The van der Waals surface area contributed by atoms with E-state index in [4.69, 9.17) is 9.52 Å². The van der Waals surface area contributed by atoms with Gasteiger partial charge in [0.1, 0.15) is 0 Å². The average Bonchev–Trinajstić information content (AvgIpc) is 2.93. The Morgan fingerprint density at radius 1 is 1.42 bits per heavy atom. The summed E-state index contributed by atoms with van der Waals surface area (Å²) in [6.07, 6.45) is 3.53. The first kappa shape index (κ1) is 13.3. The lowest BCUT2D eigenvalue weighted by Gasteiger charge is -2.12. The van der Waals surface area contributed by atoms with E-state index in [9.17, 15) is 4.79 Å². The lowest BCUT2D eigenvalue weighted by molar-refractivity contribution is 0.0934. The fraction of sp³-hybridized carbons (Fsp3) is 0.286. The predicted octanol–water partition coefficient (Wildman–Crippen LogP) is 1.84. The van der Waals surface area contributed by atoms with Crippen LogP contribution in [0.2, 0.25) is 0 Å². The van der Waals surface area contributed by atoms with Gasteiger partial charge in [-0.15, -0.1) is 0 Å². The summed E-state index contributed by atoms with van der Waals surface area (Å²) < 4.78 is 5.18. The molecule has 0 saturated carbocycles. The third-order valence-electron chi connectivity index (χ3n) is 2.80. The highest BCUT2D eigenvalue weighted by atomic mass is 16.3. The van der Waals surface area contributed by atoms with Crippen molar-refractivity contribution in [3.8, 4) is 11.3 Å². The first-order valence-corrected chi connectivity index (χ1v) is 6.11. The maximum Gasteiger partial charge on any atom is 0.251 e. The van der Waals surface area contributed by atoms with Crippen LogP contribution in [0.25, 0.3) is 11.3 Å². The Labute approximate surface area is 111 Å². The maximum absolute atomic E-state index is 11.9. The van der Waals surface area contributed by atoms with Gasteiger partial charge in [0.2, 0.25) is 0 Å². The van der Waals surface area contributed by atoms with E-state index >= 15 is 0 Å². The number of aromatic nitrogens is 1. The number of aliphatic hydroxyl groups excluding tert-OH is 1. The number of carbonyl (C=O) groups excluding carboxylic acids is 1. The maximum atomic E-state index is 11.9. The Kier molecular flexibility index (Phi) is 4.30. The molecule has 2 N–H and O–H groups in total. The van der Waals surface area contributed by atoms with Crippen LogP contribution >= 0.6 is 0 Å². The molecule has 100 valence electrons. The zero-order valence-corrected chi connectivity index (χ0v) is 10.7. The fourth-order valence-corrected chi connectivity index (χ4v) is 1.72. The summed E-state index contributed by atoms with van der Waals surface area (Å²) in [6, 6.07) is 7.04. The molecule has 0 aliphatic carbocycles. The summed E-state index contributed by atoms with van der Waals surface area (Å²) in [4.78, 5) is 15.7. The highest BCUT2D eigenvalue weighted by molar-refractivity contribution is 5.94. The molecule has 1 unspecified atom stereocenters. The molecule has 1 atom stereocenters. The topological polar surface area (TPSA) is 75.4 Å². The van der Waals surface area contributed by atoms with Gasteiger partial charge in [-0.1, -0.05) is 12.1 Å². The summed E-state index contributed by atoms with van der Waals surface area (Å²) in [5.74, 6) is 0.519. The largest absolute Gasteiger partial charge is 0.444 e. The van der Waals surface area contributed by atoms with Crippen molar-refractivity contribution in [1.82, 2.24) is 10.3 Å². The fourth-order valence-electron chi connectivity index (χ4n) is 1.72. The standard InChI is InChI=1S/C14H16N2O3/c1-10(6-7-17)16-14(18)12-4-2-11(3-5-12)13-8-15-9-19-13/h2-5,8-10,17H,6-7H2,1H3,(H,16,18). The number of hydrogen-bond donors (Lipinski definition) is 2. The van der Waals surface area contributed by atoms with Gasteiger partial charge in [-0.3, -0.25) is 4.79 Å². The highest BCUT2D eigenvalue weighted by Gasteiger charge is 2.10. The second kappa shape index (κ2) is 6.15. The Morgan fingerprint density at radius 2 is 2.16 bits per heavy atom. The van der Waals surface area contributed by atoms with Gasteiger partial charge < -0.3 is 14.8 Å². The van der Waals surface area contributed by atoms with E-state index in [0.717, 1.165) is 5.56 Å². The van der Waals surface area contributed by atoms with Crippen molar-refractivity contribution in [2.75, 3.05) is 6.61 Å². The van der Waals surface area contributed by atoms with Gasteiger partial charge in [-0.2, -0.15) is 0 Å². The molecule has 1 heterocycles. The van der Waals surface area contributed by atoms with Crippen LogP contribution in [0.3, 0.4) is 0 Å². The summed E-state index contributed by atoms with van der Waals surface area (Å²) in [5.41, 5.74) is 1.45. The van der Waals surface area contributed by atoms with E-state index in [-0.39, 0.29) is 18.6 Å². The van der Waals surface area contributed by atoms with Gasteiger partial charge in [0.05, 0.1) is 6.20 Å². The van der Waals surface area contributed by atoms with E-state index in [1.807, 2.05) is 19.1 Å². The number of carbonyl (C=O) groups is 1. The normalized spacial score (nSPS) is 12.1. The zero-order chi connectivity index (χ0) is 13.7. The number of benzene rings is 1. The van der Waals surface area contributed by atoms with Crippen molar-refractivity contribution < 1.29 is 14.3 Å². The van der Waals surface area contributed by atoms with E-state index in [2.05, 4.69) is 10.3 Å². The van der Waals surface area contributed by atoms with Crippen LogP contribution in [0, 0.1) is 0 Å². The molecule has 5 heteroatoms. The van der Waals surface area contributed by atoms with Crippen molar-refractivity contribution in [2.45, 2.75) is 19.4 Å². The number of rotatable bonds is 5. The Morgan fingerprint density at radius 3 is 2.74 bits per heavy atom. The summed E-state index contributed by atoms with van der Waals surface area (Å²) in [5, 5.41) is 11.6. The summed E-state index contributed by atoms with van der Waals surface area (Å²) >= 11 is 0. The number of oxazole rings is 1.